The van der Waals surface area contributed by atoms with Crippen LogP contribution >= 0.6 is 11.8 Å². The Morgan fingerprint density at radius 1 is 1.35 bits per heavy atom. The molecule has 20 heavy (non-hydrogen) atoms. The molecule has 0 radical (unpaired) electrons. The van der Waals surface area contributed by atoms with Crippen LogP contribution in [0.3, 0.4) is 0 Å². The number of rotatable bonds is 5. The molecule has 0 aromatic carbocycles. The number of aryl methyl sites for hydroxylation is 2. The lowest BCUT2D eigenvalue weighted by Crippen LogP contribution is -2.40. The molecule has 1 aromatic heterocycles. The first-order valence-corrected chi connectivity index (χ1v) is 8.74. The minimum Gasteiger partial charge on any atom is -0.444 e. The van der Waals surface area contributed by atoms with E-state index in [2.05, 4.69) is 21.6 Å². The quantitative estimate of drug-likeness (QED) is 0.835. The van der Waals surface area contributed by atoms with Crippen LogP contribution in [0.25, 0.3) is 0 Å². The molecule has 0 aliphatic carbocycles. The number of oxazole rings is 1. The highest BCUT2D eigenvalue weighted by atomic mass is 32.2. The molecular formula is C15H24N2O2S. The third-order valence-corrected chi connectivity index (χ3v) is 5.44. The average Bonchev–Trinajstić information content (AvgIpc) is 3.13. The van der Waals surface area contributed by atoms with E-state index in [4.69, 9.17) is 9.15 Å². The predicted molar refractivity (Wildman–Crippen MR) is 81.1 cm³/mol. The number of nitrogens with zero attached hydrogens (tertiary/aromatic N) is 2. The van der Waals surface area contributed by atoms with Crippen LogP contribution in [0.5, 0.6) is 0 Å². The first-order valence-electron chi connectivity index (χ1n) is 7.58. The summed E-state index contributed by atoms with van der Waals surface area (Å²) in [5.74, 6) is 4.30. The maximum Gasteiger partial charge on any atom is 0.208 e. The molecule has 112 valence electrons. The predicted octanol–water partition coefficient (Wildman–Crippen LogP) is 2.78. The Morgan fingerprint density at radius 3 is 2.85 bits per heavy atom. The zero-order chi connectivity index (χ0) is 13.9. The van der Waals surface area contributed by atoms with Crippen molar-refractivity contribution < 1.29 is 9.15 Å². The summed E-state index contributed by atoms with van der Waals surface area (Å²) in [6.45, 7) is 6.76. The minimum atomic E-state index is 0.401. The molecule has 3 heterocycles. The van der Waals surface area contributed by atoms with Gasteiger partial charge in [-0.3, -0.25) is 4.90 Å². The molecule has 2 aliphatic heterocycles. The molecule has 1 aromatic rings. The molecule has 2 fully saturated rings. The first kappa shape index (κ1) is 14.4. The van der Waals surface area contributed by atoms with Gasteiger partial charge in [0.15, 0.2) is 0 Å². The van der Waals surface area contributed by atoms with Gasteiger partial charge < -0.3 is 9.15 Å². The minimum absolute atomic E-state index is 0.401. The van der Waals surface area contributed by atoms with Crippen LogP contribution in [0.4, 0.5) is 0 Å². The van der Waals surface area contributed by atoms with Gasteiger partial charge in [-0.25, -0.2) is 4.98 Å². The monoisotopic (exact) mass is 296 g/mol. The summed E-state index contributed by atoms with van der Waals surface area (Å²) in [5, 5.41) is 0. The molecule has 3 rings (SSSR count). The van der Waals surface area contributed by atoms with Gasteiger partial charge in [0.05, 0.1) is 18.3 Å². The summed E-state index contributed by atoms with van der Waals surface area (Å²) < 4.78 is 11.6. The van der Waals surface area contributed by atoms with E-state index >= 15 is 0 Å². The Balaban J connectivity index is 1.67. The third-order valence-electron chi connectivity index (χ3n) is 4.30. The van der Waals surface area contributed by atoms with E-state index in [1.807, 2.05) is 13.8 Å². The van der Waals surface area contributed by atoms with Gasteiger partial charge >= 0.3 is 0 Å². The Morgan fingerprint density at radius 2 is 2.25 bits per heavy atom. The average molecular weight is 296 g/mol. The fourth-order valence-electron chi connectivity index (χ4n) is 2.98. The Labute approximate surface area is 125 Å². The second-order valence-electron chi connectivity index (χ2n) is 5.83. The van der Waals surface area contributed by atoms with Crippen LogP contribution in [0.1, 0.15) is 36.6 Å². The van der Waals surface area contributed by atoms with Crippen molar-refractivity contribution in [1.29, 1.82) is 0 Å². The molecule has 5 heteroatoms. The highest BCUT2D eigenvalue weighted by Gasteiger charge is 2.28. The van der Waals surface area contributed by atoms with Gasteiger partial charge in [0, 0.05) is 24.9 Å². The zero-order valence-electron chi connectivity index (χ0n) is 12.4. The van der Waals surface area contributed by atoms with E-state index in [0.717, 1.165) is 37.0 Å². The standard InChI is InChI=1S/C15H24N2O2S/c1-11-12(2)19-15(16-11)9-17(13-5-7-20-10-13)8-14-4-3-6-18-14/h13-14H,3-10H2,1-2H3/t13-,14+/m1/s1. The van der Waals surface area contributed by atoms with Crippen LogP contribution in [-0.2, 0) is 11.3 Å². The maximum absolute atomic E-state index is 5.81. The highest BCUT2D eigenvalue weighted by Crippen LogP contribution is 2.26. The number of aromatic nitrogens is 1. The van der Waals surface area contributed by atoms with Crippen molar-refractivity contribution in [2.75, 3.05) is 24.7 Å². The van der Waals surface area contributed by atoms with Crippen LogP contribution in [0.2, 0.25) is 0 Å². The fraction of sp³-hybridized carbons (Fsp3) is 0.800. The Hall–Kier alpha value is -0.520. The lowest BCUT2D eigenvalue weighted by molar-refractivity contribution is 0.0538. The second kappa shape index (κ2) is 6.50. The van der Waals surface area contributed by atoms with Crippen molar-refractivity contribution in [3.8, 4) is 0 Å². The van der Waals surface area contributed by atoms with Crippen molar-refractivity contribution in [1.82, 2.24) is 9.88 Å². The number of thioether (sulfide) groups is 1. The molecule has 2 saturated heterocycles. The van der Waals surface area contributed by atoms with Gasteiger partial charge in [-0.15, -0.1) is 0 Å². The maximum atomic E-state index is 5.81. The largest absolute Gasteiger partial charge is 0.444 e. The van der Waals surface area contributed by atoms with Gasteiger partial charge in [0.25, 0.3) is 0 Å². The SMILES string of the molecule is Cc1nc(CN(C[C@@H]2CCCO2)[C@@H]2CCSC2)oc1C. The summed E-state index contributed by atoms with van der Waals surface area (Å²) in [6, 6.07) is 0.650. The summed E-state index contributed by atoms with van der Waals surface area (Å²) >= 11 is 2.05. The van der Waals surface area contributed by atoms with Crippen LogP contribution in [0.15, 0.2) is 4.42 Å². The van der Waals surface area contributed by atoms with Crippen molar-refractivity contribution in [2.24, 2.45) is 0 Å². The lowest BCUT2D eigenvalue weighted by Gasteiger charge is -2.29. The smallest absolute Gasteiger partial charge is 0.208 e. The summed E-state index contributed by atoms with van der Waals surface area (Å²) in [5.41, 5.74) is 1.01. The normalized spacial score (nSPS) is 26.8. The van der Waals surface area contributed by atoms with E-state index in [-0.39, 0.29) is 0 Å². The van der Waals surface area contributed by atoms with E-state index in [0.29, 0.717) is 12.1 Å². The van der Waals surface area contributed by atoms with Gasteiger partial charge in [0.1, 0.15) is 5.76 Å². The van der Waals surface area contributed by atoms with Gasteiger partial charge in [-0.05, 0) is 38.9 Å². The first-order chi connectivity index (χ1) is 9.72. The molecule has 4 nitrogen and oxygen atoms in total. The van der Waals surface area contributed by atoms with E-state index in [1.165, 1.54) is 30.8 Å². The molecule has 0 unspecified atom stereocenters. The number of hydrogen-bond acceptors (Lipinski definition) is 5. The highest BCUT2D eigenvalue weighted by molar-refractivity contribution is 7.99. The number of ether oxygens (including phenoxy) is 1. The van der Waals surface area contributed by atoms with Crippen molar-refractivity contribution >= 4 is 11.8 Å². The van der Waals surface area contributed by atoms with Gasteiger partial charge in [-0.1, -0.05) is 0 Å². The number of hydrogen-bond donors (Lipinski definition) is 0. The molecule has 0 amide bonds. The molecule has 0 bridgehead atoms. The Bertz CT molecular complexity index is 418. The Kier molecular flexibility index (Phi) is 4.68. The van der Waals surface area contributed by atoms with E-state index < -0.39 is 0 Å². The molecule has 0 spiro atoms. The van der Waals surface area contributed by atoms with Crippen LogP contribution in [-0.4, -0.2) is 46.7 Å². The molecule has 2 atom stereocenters. The third kappa shape index (κ3) is 3.38. The van der Waals surface area contributed by atoms with E-state index in [1.54, 1.807) is 0 Å². The van der Waals surface area contributed by atoms with Crippen molar-refractivity contribution in [3.05, 3.63) is 17.3 Å². The van der Waals surface area contributed by atoms with E-state index in [9.17, 15) is 0 Å². The van der Waals surface area contributed by atoms with Crippen LogP contribution < -0.4 is 0 Å². The zero-order valence-corrected chi connectivity index (χ0v) is 13.2. The van der Waals surface area contributed by atoms with Crippen molar-refractivity contribution in [3.63, 3.8) is 0 Å². The summed E-state index contributed by atoms with van der Waals surface area (Å²) in [4.78, 5) is 7.07. The van der Waals surface area contributed by atoms with Gasteiger partial charge in [-0.2, -0.15) is 11.8 Å². The topological polar surface area (TPSA) is 38.5 Å². The fourth-order valence-corrected chi connectivity index (χ4v) is 4.24. The van der Waals surface area contributed by atoms with Crippen molar-refractivity contribution in [2.45, 2.75) is 51.8 Å². The van der Waals surface area contributed by atoms with Crippen LogP contribution in [0, 0.1) is 13.8 Å². The second-order valence-corrected chi connectivity index (χ2v) is 6.98. The molecular weight excluding hydrogens is 272 g/mol. The summed E-state index contributed by atoms with van der Waals surface area (Å²) in [6.07, 6.45) is 4.07. The summed E-state index contributed by atoms with van der Waals surface area (Å²) in [7, 11) is 0. The lowest BCUT2D eigenvalue weighted by atomic mass is 10.1. The molecule has 0 N–H and O–H groups in total. The molecule has 2 aliphatic rings. The molecule has 0 saturated carbocycles. The van der Waals surface area contributed by atoms with Gasteiger partial charge in [0.2, 0.25) is 5.89 Å².